The van der Waals surface area contributed by atoms with Gasteiger partial charge in [-0.15, -0.1) is 0 Å². The second kappa shape index (κ2) is 9.61. The van der Waals surface area contributed by atoms with Crippen LogP contribution in [0.15, 0.2) is 77.4 Å². The Hall–Kier alpha value is -4.33. The van der Waals surface area contributed by atoms with Crippen LogP contribution >= 0.6 is 0 Å². The van der Waals surface area contributed by atoms with Crippen molar-refractivity contribution in [2.45, 2.75) is 45.3 Å². The first-order chi connectivity index (χ1) is 17.8. The zero-order valence-corrected chi connectivity index (χ0v) is 21.4. The number of nitrogens with zero attached hydrogens (tertiary/aromatic N) is 3. The van der Waals surface area contributed by atoms with Crippen LogP contribution in [0.5, 0.6) is 5.75 Å². The number of carbonyl (C=O) groups is 2. The van der Waals surface area contributed by atoms with E-state index in [2.05, 4.69) is 24.3 Å². The van der Waals surface area contributed by atoms with Gasteiger partial charge in [0, 0.05) is 18.3 Å². The third-order valence-electron chi connectivity index (χ3n) is 6.85. The molecule has 8 heteroatoms. The summed E-state index contributed by atoms with van der Waals surface area (Å²) >= 11 is 0. The van der Waals surface area contributed by atoms with Crippen molar-refractivity contribution in [1.82, 2.24) is 15.1 Å². The van der Waals surface area contributed by atoms with Crippen molar-refractivity contribution in [1.29, 1.82) is 0 Å². The van der Waals surface area contributed by atoms with E-state index >= 15 is 0 Å². The van der Waals surface area contributed by atoms with Gasteiger partial charge in [-0.05, 0) is 60.4 Å². The number of anilines is 1. The Morgan fingerprint density at radius 2 is 1.86 bits per heavy atom. The predicted octanol–water partition coefficient (Wildman–Crippen LogP) is 5.01. The molecule has 5 rings (SSSR count). The second-order valence-corrected chi connectivity index (χ2v) is 9.74. The summed E-state index contributed by atoms with van der Waals surface area (Å²) in [5.74, 6) is 1.09. The van der Waals surface area contributed by atoms with Crippen LogP contribution in [0.25, 0.3) is 11.5 Å². The maximum absolute atomic E-state index is 13.9. The molecule has 2 aromatic heterocycles. The van der Waals surface area contributed by atoms with Crippen LogP contribution in [0.4, 0.5) is 5.69 Å². The lowest BCUT2D eigenvalue weighted by atomic mass is 9.93. The predicted molar refractivity (Wildman–Crippen MR) is 141 cm³/mol. The number of rotatable bonds is 7. The van der Waals surface area contributed by atoms with Crippen molar-refractivity contribution in [2.24, 2.45) is 0 Å². The van der Waals surface area contributed by atoms with Gasteiger partial charge in [0.15, 0.2) is 5.76 Å². The van der Waals surface area contributed by atoms with Crippen molar-refractivity contribution in [3.05, 3.63) is 89.8 Å². The maximum Gasteiger partial charge on any atom is 0.277 e. The van der Waals surface area contributed by atoms with E-state index in [1.165, 1.54) is 0 Å². The summed E-state index contributed by atoms with van der Waals surface area (Å²) in [5, 5.41) is 7.63. The SMILES string of the molecule is COc1ccc(CNC(=O)C2(C)Cn3nc(-c4ccco4)cc3C(=O)N2c2ccc(C(C)C)cc2)cc1. The summed E-state index contributed by atoms with van der Waals surface area (Å²) in [6.45, 7) is 6.52. The molecule has 37 heavy (non-hydrogen) atoms. The number of hydrogen-bond acceptors (Lipinski definition) is 5. The lowest BCUT2D eigenvalue weighted by Gasteiger charge is -2.43. The molecule has 0 bridgehead atoms. The average Bonchev–Trinajstić information content (AvgIpc) is 3.58. The normalized spacial score (nSPS) is 17.1. The van der Waals surface area contributed by atoms with E-state index in [1.54, 1.807) is 48.1 Å². The number of fused-ring (bicyclic) bond motifs is 1. The van der Waals surface area contributed by atoms with Gasteiger partial charge in [-0.3, -0.25) is 19.2 Å². The molecule has 1 aliphatic heterocycles. The molecule has 0 fully saturated rings. The molecule has 1 unspecified atom stereocenters. The van der Waals surface area contributed by atoms with E-state index in [9.17, 15) is 9.59 Å². The lowest BCUT2D eigenvalue weighted by Crippen LogP contribution is -2.64. The zero-order valence-electron chi connectivity index (χ0n) is 21.4. The van der Waals surface area contributed by atoms with E-state index in [0.717, 1.165) is 16.9 Å². The number of carbonyl (C=O) groups excluding carboxylic acids is 2. The van der Waals surface area contributed by atoms with Crippen LogP contribution in [0.3, 0.4) is 0 Å². The van der Waals surface area contributed by atoms with Crippen LogP contribution in [0, 0.1) is 0 Å². The zero-order chi connectivity index (χ0) is 26.2. The molecule has 2 amide bonds. The Balaban J connectivity index is 1.50. The van der Waals surface area contributed by atoms with Gasteiger partial charge in [0.25, 0.3) is 5.91 Å². The fraction of sp³-hybridized carbons (Fsp3) is 0.276. The average molecular weight is 499 g/mol. The highest BCUT2D eigenvalue weighted by molar-refractivity contribution is 6.12. The smallest absolute Gasteiger partial charge is 0.277 e. The number of nitrogens with one attached hydrogen (secondary N) is 1. The number of aromatic nitrogens is 2. The number of furan rings is 1. The molecule has 0 saturated carbocycles. The van der Waals surface area contributed by atoms with Gasteiger partial charge in [-0.1, -0.05) is 38.1 Å². The summed E-state index contributed by atoms with van der Waals surface area (Å²) in [6.07, 6.45) is 1.56. The third kappa shape index (κ3) is 4.50. The van der Waals surface area contributed by atoms with Gasteiger partial charge < -0.3 is 14.5 Å². The number of amides is 2. The molecule has 4 aromatic rings. The molecular formula is C29H30N4O4. The van der Waals surface area contributed by atoms with Gasteiger partial charge in [0.2, 0.25) is 5.91 Å². The highest BCUT2D eigenvalue weighted by atomic mass is 16.5. The Labute approximate surface area is 215 Å². The van der Waals surface area contributed by atoms with Crippen molar-refractivity contribution in [3.63, 3.8) is 0 Å². The first-order valence-corrected chi connectivity index (χ1v) is 12.3. The lowest BCUT2D eigenvalue weighted by molar-refractivity contribution is -0.126. The molecule has 0 saturated heterocycles. The molecule has 0 radical (unpaired) electrons. The Morgan fingerprint density at radius 3 is 2.49 bits per heavy atom. The monoisotopic (exact) mass is 498 g/mol. The van der Waals surface area contributed by atoms with E-state index in [-0.39, 0.29) is 18.4 Å². The highest BCUT2D eigenvalue weighted by Gasteiger charge is 2.49. The second-order valence-electron chi connectivity index (χ2n) is 9.74. The molecule has 0 spiro atoms. The highest BCUT2D eigenvalue weighted by Crippen LogP contribution is 2.35. The van der Waals surface area contributed by atoms with Gasteiger partial charge in [-0.25, -0.2) is 0 Å². The Kier molecular flexibility index (Phi) is 6.33. The van der Waals surface area contributed by atoms with Crippen LogP contribution < -0.4 is 15.0 Å². The first kappa shape index (κ1) is 24.4. The minimum Gasteiger partial charge on any atom is -0.497 e. The Morgan fingerprint density at radius 1 is 1.14 bits per heavy atom. The van der Waals surface area contributed by atoms with Crippen LogP contribution in [-0.4, -0.2) is 34.2 Å². The summed E-state index contributed by atoms with van der Waals surface area (Å²) in [6, 6.07) is 20.6. The van der Waals surface area contributed by atoms with Gasteiger partial charge in [0.05, 0.1) is 19.9 Å². The van der Waals surface area contributed by atoms with Gasteiger partial charge in [0.1, 0.15) is 22.7 Å². The van der Waals surface area contributed by atoms with Gasteiger partial charge >= 0.3 is 0 Å². The van der Waals surface area contributed by atoms with Crippen molar-refractivity contribution in [2.75, 3.05) is 12.0 Å². The Bertz CT molecular complexity index is 1410. The molecule has 2 aromatic carbocycles. The molecule has 8 nitrogen and oxygen atoms in total. The molecule has 1 atom stereocenters. The molecular weight excluding hydrogens is 468 g/mol. The fourth-order valence-corrected chi connectivity index (χ4v) is 4.66. The van der Waals surface area contributed by atoms with E-state index in [4.69, 9.17) is 9.15 Å². The van der Waals surface area contributed by atoms with Crippen LogP contribution in [0.1, 0.15) is 48.3 Å². The van der Waals surface area contributed by atoms with Crippen molar-refractivity contribution < 1.29 is 18.7 Å². The molecule has 190 valence electrons. The quantitative estimate of drug-likeness (QED) is 0.387. The number of methoxy groups -OCH3 is 1. The molecule has 1 N–H and O–H groups in total. The summed E-state index contributed by atoms with van der Waals surface area (Å²) in [7, 11) is 1.61. The topological polar surface area (TPSA) is 89.6 Å². The van der Waals surface area contributed by atoms with Crippen LogP contribution in [0.2, 0.25) is 0 Å². The molecule has 0 aliphatic carbocycles. The number of ether oxygens (including phenoxy) is 1. The number of hydrogen-bond donors (Lipinski definition) is 1. The molecule has 1 aliphatic rings. The summed E-state index contributed by atoms with van der Waals surface area (Å²) in [4.78, 5) is 29.3. The summed E-state index contributed by atoms with van der Waals surface area (Å²) < 4.78 is 12.3. The fourth-order valence-electron chi connectivity index (χ4n) is 4.66. The van der Waals surface area contributed by atoms with E-state index in [1.807, 2.05) is 48.5 Å². The number of benzene rings is 2. The third-order valence-corrected chi connectivity index (χ3v) is 6.85. The van der Waals surface area contributed by atoms with E-state index in [0.29, 0.717) is 35.3 Å². The van der Waals surface area contributed by atoms with Crippen LogP contribution in [-0.2, 0) is 17.9 Å². The minimum atomic E-state index is -1.22. The minimum absolute atomic E-state index is 0.190. The van der Waals surface area contributed by atoms with Crippen molar-refractivity contribution in [3.8, 4) is 17.2 Å². The van der Waals surface area contributed by atoms with E-state index < -0.39 is 5.54 Å². The largest absolute Gasteiger partial charge is 0.497 e. The molecule has 3 heterocycles. The van der Waals surface area contributed by atoms with Gasteiger partial charge in [-0.2, -0.15) is 5.10 Å². The maximum atomic E-state index is 13.9. The standard InChI is InChI=1S/C29H30N4O4/c1-19(2)21-9-11-22(12-10-21)33-27(34)25-16-24(26-6-5-15-37-26)31-32(25)18-29(33,3)28(35)30-17-20-7-13-23(36-4)14-8-20/h5-16,19H,17-18H2,1-4H3,(H,30,35). The summed E-state index contributed by atoms with van der Waals surface area (Å²) in [5.41, 5.74) is 2.47. The first-order valence-electron chi connectivity index (χ1n) is 12.3. The van der Waals surface area contributed by atoms with Crippen molar-refractivity contribution >= 4 is 17.5 Å².